The average Bonchev–Trinajstić information content (AvgIpc) is 2.99. The van der Waals surface area contributed by atoms with Crippen molar-refractivity contribution in [1.82, 2.24) is 14.0 Å². The Balaban J connectivity index is 1.79. The fraction of sp³-hybridized carbons (Fsp3) is 0.545. The molecule has 0 atom stereocenters. The molecule has 158 valence electrons. The standard InChI is InChI=1S/C22H30ClN3O3/c1-4-25-19(20(21(27)29-6-3)26(5-2)22(25)28)15-24-13-11-17(12-14-24)16-7-9-18(23)10-8-16/h7-10,17H,4-6,11-15H2,1-3H3. The molecule has 2 heterocycles. The van der Waals surface area contributed by atoms with E-state index in [9.17, 15) is 9.59 Å². The Kier molecular flexibility index (Phi) is 7.19. The van der Waals surface area contributed by atoms with Gasteiger partial charge in [-0.05, 0) is 70.3 Å². The van der Waals surface area contributed by atoms with E-state index >= 15 is 0 Å². The Hall–Kier alpha value is -2.05. The number of halogens is 1. The van der Waals surface area contributed by atoms with Crippen LogP contribution in [-0.4, -0.2) is 39.7 Å². The predicted octanol–water partition coefficient (Wildman–Crippen LogP) is 3.90. The minimum atomic E-state index is -0.412. The number of hydrogen-bond donors (Lipinski definition) is 0. The third-order valence-corrected chi connectivity index (χ3v) is 5.99. The molecule has 0 bridgehead atoms. The first-order valence-electron chi connectivity index (χ1n) is 10.5. The Labute approximate surface area is 177 Å². The SMILES string of the molecule is CCOC(=O)c1c(CN2CCC(c3ccc(Cl)cc3)CC2)n(CC)c(=O)n1CC. The molecule has 1 aliphatic rings. The van der Waals surface area contributed by atoms with Crippen molar-refractivity contribution in [3.8, 4) is 0 Å². The number of aromatic nitrogens is 2. The second kappa shape index (κ2) is 9.63. The molecular weight excluding hydrogens is 390 g/mol. The first kappa shape index (κ1) is 21.7. The molecule has 1 aliphatic heterocycles. The van der Waals surface area contributed by atoms with Crippen molar-refractivity contribution in [2.24, 2.45) is 0 Å². The van der Waals surface area contributed by atoms with Crippen LogP contribution in [0.15, 0.2) is 29.1 Å². The number of hydrogen-bond acceptors (Lipinski definition) is 4. The fourth-order valence-corrected chi connectivity index (χ4v) is 4.34. The molecule has 1 saturated heterocycles. The highest BCUT2D eigenvalue weighted by atomic mass is 35.5. The van der Waals surface area contributed by atoms with Crippen molar-refractivity contribution in [2.45, 2.75) is 59.2 Å². The molecule has 29 heavy (non-hydrogen) atoms. The summed E-state index contributed by atoms with van der Waals surface area (Å²) in [6.07, 6.45) is 2.09. The normalized spacial score (nSPS) is 15.6. The fourth-order valence-electron chi connectivity index (χ4n) is 4.22. The van der Waals surface area contributed by atoms with Crippen molar-refractivity contribution in [1.29, 1.82) is 0 Å². The lowest BCUT2D eigenvalue weighted by molar-refractivity contribution is 0.0510. The van der Waals surface area contributed by atoms with Crippen molar-refractivity contribution in [2.75, 3.05) is 19.7 Å². The van der Waals surface area contributed by atoms with E-state index in [1.165, 1.54) is 10.1 Å². The van der Waals surface area contributed by atoms with Crippen LogP contribution in [0.3, 0.4) is 0 Å². The molecule has 0 N–H and O–H groups in total. The highest BCUT2D eigenvalue weighted by Crippen LogP contribution is 2.29. The summed E-state index contributed by atoms with van der Waals surface area (Å²) >= 11 is 6.01. The molecule has 2 aromatic rings. The van der Waals surface area contributed by atoms with E-state index in [1.807, 2.05) is 26.0 Å². The maximum atomic E-state index is 12.8. The van der Waals surface area contributed by atoms with Crippen molar-refractivity contribution in [3.63, 3.8) is 0 Å². The Morgan fingerprint density at radius 1 is 1.07 bits per heavy atom. The van der Waals surface area contributed by atoms with Crippen LogP contribution in [0.25, 0.3) is 0 Å². The Bertz CT molecular complexity index is 893. The highest BCUT2D eigenvalue weighted by Gasteiger charge is 2.28. The summed E-state index contributed by atoms with van der Waals surface area (Å²) in [6, 6.07) is 8.11. The van der Waals surface area contributed by atoms with Gasteiger partial charge in [-0.1, -0.05) is 23.7 Å². The van der Waals surface area contributed by atoms with Gasteiger partial charge in [0.2, 0.25) is 0 Å². The van der Waals surface area contributed by atoms with Gasteiger partial charge < -0.3 is 4.74 Å². The van der Waals surface area contributed by atoms with Crippen LogP contribution in [0.5, 0.6) is 0 Å². The van der Waals surface area contributed by atoms with Gasteiger partial charge in [0.15, 0.2) is 5.69 Å². The molecule has 1 aromatic carbocycles. The Morgan fingerprint density at radius 3 is 2.24 bits per heavy atom. The average molecular weight is 420 g/mol. The zero-order chi connectivity index (χ0) is 21.0. The molecule has 0 amide bonds. The third-order valence-electron chi connectivity index (χ3n) is 5.73. The van der Waals surface area contributed by atoms with Gasteiger partial charge in [0.05, 0.1) is 12.3 Å². The molecule has 1 aromatic heterocycles. The van der Waals surface area contributed by atoms with E-state index in [-0.39, 0.29) is 5.69 Å². The maximum absolute atomic E-state index is 12.8. The number of rotatable bonds is 7. The molecular formula is C22H30ClN3O3. The number of imidazole rings is 1. The number of likely N-dealkylation sites (tertiary alicyclic amines) is 1. The molecule has 0 unspecified atom stereocenters. The number of esters is 1. The topological polar surface area (TPSA) is 56.5 Å². The molecule has 3 rings (SSSR count). The van der Waals surface area contributed by atoms with Gasteiger partial charge in [0, 0.05) is 24.7 Å². The monoisotopic (exact) mass is 419 g/mol. The van der Waals surface area contributed by atoms with E-state index in [0.717, 1.165) is 36.6 Å². The van der Waals surface area contributed by atoms with Crippen LogP contribution >= 0.6 is 11.6 Å². The van der Waals surface area contributed by atoms with E-state index in [4.69, 9.17) is 16.3 Å². The molecule has 1 fully saturated rings. The van der Waals surface area contributed by atoms with Gasteiger partial charge in [0.1, 0.15) is 0 Å². The van der Waals surface area contributed by atoms with Gasteiger partial charge in [-0.2, -0.15) is 0 Å². The largest absolute Gasteiger partial charge is 0.461 e. The van der Waals surface area contributed by atoms with E-state index in [1.54, 1.807) is 11.5 Å². The number of piperidine rings is 1. The van der Waals surface area contributed by atoms with Crippen LogP contribution in [0.1, 0.15) is 61.3 Å². The summed E-state index contributed by atoms with van der Waals surface area (Å²) in [5.41, 5.74) is 2.36. The molecule has 7 heteroatoms. The maximum Gasteiger partial charge on any atom is 0.356 e. The molecule has 0 spiro atoms. The molecule has 0 saturated carbocycles. The smallest absolute Gasteiger partial charge is 0.356 e. The van der Waals surface area contributed by atoms with Gasteiger partial charge >= 0.3 is 11.7 Å². The highest BCUT2D eigenvalue weighted by molar-refractivity contribution is 6.30. The lowest BCUT2D eigenvalue weighted by atomic mass is 9.89. The van der Waals surface area contributed by atoms with Crippen LogP contribution in [0.4, 0.5) is 0 Å². The van der Waals surface area contributed by atoms with Crippen LogP contribution in [-0.2, 0) is 24.4 Å². The minimum absolute atomic E-state index is 0.135. The van der Waals surface area contributed by atoms with Gasteiger partial charge in [-0.25, -0.2) is 9.59 Å². The van der Waals surface area contributed by atoms with Crippen LogP contribution in [0.2, 0.25) is 5.02 Å². The number of nitrogens with zero attached hydrogens (tertiary/aromatic N) is 3. The second-order valence-electron chi connectivity index (χ2n) is 7.39. The predicted molar refractivity (Wildman–Crippen MR) is 115 cm³/mol. The van der Waals surface area contributed by atoms with Gasteiger partial charge in [-0.3, -0.25) is 14.0 Å². The molecule has 6 nitrogen and oxygen atoms in total. The van der Waals surface area contributed by atoms with Gasteiger partial charge in [0.25, 0.3) is 0 Å². The quantitative estimate of drug-likeness (QED) is 0.638. The van der Waals surface area contributed by atoms with Crippen molar-refractivity contribution < 1.29 is 9.53 Å². The number of carbonyl (C=O) groups excluding carboxylic acids is 1. The second-order valence-corrected chi connectivity index (χ2v) is 7.83. The number of carbonyl (C=O) groups is 1. The zero-order valence-electron chi connectivity index (χ0n) is 17.5. The van der Waals surface area contributed by atoms with Crippen molar-refractivity contribution in [3.05, 3.63) is 56.7 Å². The number of ether oxygens (including phenoxy) is 1. The lowest BCUT2D eigenvalue weighted by Crippen LogP contribution is -2.34. The van der Waals surface area contributed by atoms with Crippen LogP contribution in [0, 0.1) is 0 Å². The first-order chi connectivity index (χ1) is 14.0. The minimum Gasteiger partial charge on any atom is -0.461 e. The molecule has 0 radical (unpaired) electrons. The zero-order valence-corrected chi connectivity index (χ0v) is 18.2. The van der Waals surface area contributed by atoms with E-state index < -0.39 is 5.97 Å². The molecule has 0 aliphatic carbocycles. The summed E-state index contributed by atoms with van der Waals surface area (Å²) < 4.78 is 8.50. The first-order valence-corrected chi connectivity index (χ1v) is 10.8. The van der Waals surface area contributed by atoms with E-state index in [2.05, 4.69) is 17.0 Å². The van der Waals surface area contributed by atoms with Crippen molar-refractivity contribution >= 4 is 17.6 Å². The summed E-state index contributed by atoms with van der Waals surface area (Å²) in [6.45, 7) is 9.30. The third kappa shape index (κ3) is 4.59. The number of benzene rings is 1. The summed E-state index contributed by atoms with van der Waals surface area (Å²) in [5, 5.41) is 0.760. The van der Waals surface area contributed by atoms with E-state index in [0.29, 0.717) is 37.9 Å². The van der Waals surface area contributed by atoms with Crippen LogP contribution < -0.4 is 5.69 Å². The summed E-state index contributed by atoms with van der Waals surface area (Å²) in [4.78, 5) is 27.7. The Morgan fingerprint density at radius 2 is 1.69 bits per heavy atom. The summed E-state index contributed by atoms with van der Waals surface area (Å²) in [7, 11) is 0. The van der Waals surface area contributed by atoms with Gasteiger partial charge in [-0.15, -0.1) is 0 Å². The summed E-state index contributed by atoms with van der Waals surface area (Å²) in [5.74, 6) is 0.103. The lowest BCUT2D eigenvalue weighted by Gasteiger charge is -2.32.